The second-order valence-electron chi connectivity index (χ2n) is 7.57. The molecule has 178 valence electrons. The summed E-state index contributed by atoms with van der Waals surface area (Å²) in [6.07, 6.45) is 3.46. The highest BCUT2D eigenvalue weighted by Crippen LogP contribution is 2.14. The third-order valence-electron chi connectivity index (χ3n) is 4.24. The highest BCUT2D eigenvalue weighted by Gasteiger charge is 2.33. The molecule has 1 atom stereocenters. The molecule has 0 saturated carbocycles. The molecule has 1 heterocycles. The maximum Gasteiger partial charge on any atom is 0.631 e. The molecule has 0 spiro atoms. The largest absolute Gasteiger partial charge is 0.631 e. The fourth-order valence-corrected chi connectivity index (χ4v) is 2.75. The molecule has 0 aliphatic heterocycles. The standard InChI is InChI=1S/C21H26N4O4.BH3O3/c1-14(2)11-18(21(28)29)25(20(27)17-13-22-15(3)12-23-17)24-19(26)10-9-16-7-5-4-6-8-16;2-1(3)4/h4-8,12-14,18H,9-11H2,1-3H3,(H,24,26)(H,28,29);2-4H/t18-;/m0./s1. The number of aromatic nitrogens is 2. The van der Waals surface area contributed by atoms with Gasteiger partial charge in [-0.25, -0.2) is 14.8 Å². The lowest BCUT2D eigenvalue weighted by Crippen LogP contribution is -2.55. The lowest BCUT2D eigenvalue weighted by molar-refractivity contribution is -0.145. The van der Waals surface area contributed by atoms with Gasteiger partial charge in [-0.1, -0.05) is 44.2 Å². The van der Waals surface area contributed by atoms with E-state index < -0.39 is 31.1 Å². The number of rotatable bonds is 8. The molecule has 0 unspecified atom stereocenters. The summed E-state index contributed by atoms with van der Waals surface area (Å²) in [7, 11) is -2.17. The lowest BCUT2D eigenvalue weighted by atomic mass is 10.0. The minimum Gasteiger partial charge on any atom is -0.480 e. The van der Waals surface area contributed by atoms with Gasteiger partial charge in [0.25, 0.3) is 5.91 Å². The molecule has 0 aliphatic carbocycles. The highest BCUT2D eigenvalue weighted by molar-refractivity contribution is 6.30. The number of carbonyl (C=O) groups excluding carboxylic acids is 2. The van der Waals surface area contributed by atoms with Gasteiger partial charge in [-0.2, -0.15) is 0 Å². The molecule has 5 N–H and O–H groups in total. The van der Waals surface area contributed by atoms with Gasteiger partial charge in [-0.05, 0) is 31.2 Å². The zero-order valence-electron chi connectivity index (χ0n) is 18.8. The quantitative estimate of drug-likeness (QED) is 0.275. The van der Waals surface area contributed by atoms with Crippen LogP contribution in [0.4, 0.5) is 0 Å². The van der Waals surface area contributed by atoms with Crippen molar-refractivity contribution in [3.8, 4) is 0 Å². The first-order valence-electron chi connectivity index (χ1n) is 10.2. The average molecular weight is 460 g/mol. The summed E-state index contributed by atoms with van der Waals surface area (Å²) in [4.78, 5) is 45.3. The smallest absolute Gasteiger partial charge is 0.480 e. The predicted octanol–water partition coefficient (Wildman–Crippen LogP) is 0.339. The lowest BCUT2D eigenvalue weighted by Gasteiger charge is -2.30. The van der Waals surface area contributed by atoms with Crippen molar-refractivity contribution < 1.29 is 34.6 Å². The van der Waals surface area contributed by atoms with E-state index >= 15 is 0 Å². The van der Waals surface area contributed by atoms with E-state index in [9.17, 15) is 19.5 Å². The molecule has 2 aromatic rings. The molecule has 0 radical (unpaired) electrons. The molecule has 0 fully saturated rings. The van der Waals surface area contributed by atoms with Crippen molar-refractivity contribution in [3.05, 3.63) is 59.7 Å². The maximum atomic E-state index is 12.9. The van der Waals surface area contributed by atoms with E-state index in [0.717, 1.165) is 10.6 Å². The molecule has 0 saturated heterocycles. The Morgan fingerprint density at radius 2 is 1.67 bits per heavy atom. The van der Waals surface area contributed by atoms with Crippen LogP contribution in [-0.2, 0) is 16.0 Å². The Morgan fingerprint density at radius 1 is 1.06 bits per heavy atom. The third kappa shape index (κ3) is 10.7. The Balaban J connectivity index is 0.00000125. The van der Waals surface area contributed by atoms with Crippen LogP contribution in [0.2, 0.25) is 0 Å². The first-order chi connectivity index (χ1) is 15.5. The molecule has 11 nitrogen and oxygen atoms in total. The molecule has 12 heteroatoms. The van der Waals surface area contributed by atoms with Crippen LogP contribution in [0.3, 0.4) is 0 Å². The molecule has 2 rings (SSSR count). The van der Waals surface area contributed by atoms with Crippen LogP contribution < -0.4 is 5.43 Å². The molecule has 0 aliphatic rings. The van der Waals surface area contributed by atoms with Gasteiger partial charge < -0.3 is 20.2 Å². The molecular weight excluding hydrogens is 431 g/mol. The van der Waals surface area contributed by atoms with Gasteiger partial charge in [0.2, 0.25) is 5.91 Å². The van der Waals surface area contributed by atoms with Gasteiger partial charge in [-0.15, -0.1) is 0 Å². The van der Waals surface area contributed by atoms with E-state index in [-0.39, 0.29) is 24.5 Å². The van der Waals surface area contributed by atoms with Crippen molar-refractivity contribution in [2.24, 2.45) is 5.92 Å². The topological polar surface area (TPSA) is 173 Å². The second-order valence-corrected chi connectivity index (χ2v) is 7.57. The number of aryl methyl sites for hydroxylation is 2. The van der Waals surface area contributed by atoms with Crippen LogP contribution in [0.1, 0.15) is 48.4 Å². The summed E-state index contributed by atoms with van der Waals surface area (Å²) in [6.45, 7) is 5.42. The number of hydrogen-bond acceptors (Lipinski definition) is 8. The minimum atomic E-state index is -2.17. The van der Waals surface area contributed by atoms with Crippen LogP contribution in [-0.4, -0.2) is 66.3 Å². The average Bonchev–Trinajstić information content (AvgIpc) is 2.75. The van der Waals surface area contributed by atoms with E-state index in [1.165, 1.54) is 12.4 Å². The fraction of sp³-hybridized carbons (Fsp3) is 0.381. The number of nitrogens with one attached hydrogen (secondary N) is 1. The number of nitrogens with zero attached hydrogens (tertiary/aromatic N) is 3. The number of carboxylic acid groups (broad SMARTS) is 1. The van der Waals surface area contributed by atoms with E-state index in [1.54, 1.807) is 6.92 Å². The van der Waals surface area contributed by atoms with Crippen molar-refractivity contribution >= 4 is 25.1 Å². The number of carboxylic acids is 1. The van der Waals surface area contributed by atoms with Crippen LogP contribution in [0, 0.1) is 12.8 Å². The van der Waals surface area contributed by atoms with Crippen molar-refractivity contribution in [1.29, 1.82) is 0 Å². The zero-order valence-corrected chi connectivity index (χ0v) is 18.8. The zero-order chi connectivity index (χ0) is 25.0. The van der Waals surface area contributed by atoms with Crippen LogP contribution in [0.25, 0.3) is 0 Å². The predicted molar refractivity (Wildman–Crippen MR) is 119 cm³/mol. The van der Waals surface area contributed by atoms with E-state index in [0.29, 0.717) is 12.1 Å². The Hall–Kier alpha value is -3.35. The van der Waals surface area contributed by atoms with E-state index in [1.807, 2.05) is 44.2 Å². The Kier molecular flexibility index (Phi) is 11.7. The number of aliphatic carboxylic acids is 1. The summed E-state index contributed by atoms with van der Waals surface area (Å²) in [6, 6.07) is 8.22. The Morgan fingerprint density at radius 3 is 2.15 bits per heavy atom. The van der Waals surface area contributed by atoms with Gasteiger partial charge in [-0.3, -0.25) is 20.0 Å². The van der Waals surface area contributed by atoms with Crippen molar-refractivity contribution in [1.82, 2.24) is 20.4 Å². The normalized spacial score (nSPS) is 11.1. The van der Waals surface area contributed by atoms with E-state index in [4.69, 9.17) is 15.1 Å². The first-order valence-corrected chi connectivity index (χ1v) is 10.2. The monoisotopic (exact) mass is 460 g/mol. The molecule has 2 amide bonds. The SMILES string of the molecule is Cc1cnc(C(=O)N(NC(=O)CCc2ccccc2)[C@@H](CC(C)C)C(=O)O)cn1.OB(O)O. The third-order valence-corrected chi connectivity index (χ3v) is 4.24. The van der Waals surface area contributed by atoms with Gasteiger partial charge in [0, 0.05) is 12.6 Å². The molecule has 33 heavy (non-hydrogen) atoms. The number of hydrazine groups is 1. The van der Waals surface area contributed by atoms with Crippen molar-refractivity contribution in [3.63, 3.8) is 0 Å². The molecule has 1 aromatic carbocycles. The summed E-state index contributed by atoms with van der Waals surface area (Å²) >= 11 is 0. The molecular formula is C21H29BN4O7. The Bertz CT molecular complexity index is 892. The highest BCUT2D eigenvalue weighted by atomic mass is 16.5. The summed E-state index contributed by atoms with van der Waals surface area (Å²) < 4.78 is 0. The summed E-state index contributed by atoms with van der Waals surface area (Å²) in [5.74, 6) is -2.36. The van der Waals surface area contributed by atoms with Gasteiger partial charge in [0.05, 0.1) is 11.9 Å². The van der Waals surface area contributed by atoms with Crippen LogP contribution in [0.15, 0.2) is 42.7 Å². The molecule has 0 bridgehead atoms. The minimum absolute atomic E-state index is 0.00303. The van der Waals surface area contributed by atoms with Crippen molar-refractivity contribution in [2.75, 3.05) is 0 Å². The fourth-order valence-electron chi connectivity index (χ4n) is 2.75. The van der Waals surface area contributed by atoms with Crippen molar-refractivity contribution in [2.45, 2.75) is 46.1 Å². The number of hydrogen-bond donors (Lipinski definition) is 5. The Labute approximate surface area is 192 Å². The number of benzene rings is 1. The van der Waals surface area contributed by atoms with Gasteiger partial charge >= 0.3 is 13.3 Å². The van der Waals surface area contributed by atoms with Gasteiger partial charge in [0.15, 0.2) is 6.04 Å². The van der Waals surface area contributed by atoms with Crippen LogP contribution >= 0.6 is 0 Å². The first kappa shape index (κ1) is 27.7. The molecule has 1 aromatic heterocycles. The summed E-state index contributed by atoms with van der Waals surface area (Å²) in [5, 5.41) is 32.0. The number of amides is 2. The van der Waals surface area contributed by atoms with Gasteiger partial charge in [0.1, 0.15) is 5.69 Å². The second kappa shape index (κ2) is 13.9. The maximum absolute atomic E-state index is 12.9. The summed E-state index contributed by atoms with van der Waals surface area (Å²) in [5.41, 5.74) is 4.05. The van der Waals surface area contributed by atoms with Crippen LogP contribution in [0.5, 0.6) is 0 Å². The van der Waals surface area contributed by atoms with E-state index in [2.05, 4.69) is 15.4 Å². The number of carbonyl (C=O) groups is 3.